The Kier molecular flexibility index (Phi) is 6.40. The number of nitrogens with one attached hydrogen (secondary N) is 1. The largest absolute Gasteiger partial charge is 0.506 e. The van der Waals surface area contributed by atoms with Crippen LogP contribution in [-0.2, 0) is 19.9 Å². The highest BCUT2D eigenvalue weighted by atomic mass is 32.2. The van der Waals surface area contributed by atoms with Crippen LogP contribution < -0.4 is 4.72 Å². The number of aryl methyl sites for hydroxylation is 2. The first-order valence-electron chi connectivity index (χ1n) is 10.1. The molecular formula is C24H27NO5S2. The van der Waals surface area contributed by atoms with Crippen LogP contribution in [-0.4, -0.2) is 21.9 Å². The van der Waals surface area contributed by atoms with E-state index < -0.39 is 19.9 Å². The Balaban J connectivity index is 2.22. The summed E-state index contributed by atoms with van der Waals surface area (Å²) in [7, 11) is -8.07. The van der Waals surface area contributed by atoms with E-state index in [0.717, 1.165) is 11.1 Å². The number of anilines is 1. The molecule has 3 rings (SSSR count). The van der Waals surface area contributed by atoms with Crippen molar-refractivity contribution in [3.05, 3.63) is 76.9 Å². The second kappa shape index (κ2) is 8.60. The second-order valence-electron chi connectivity index (χ2n) is 8.21. The molecule has 0 aliphatic rings. The third-order valence-corrected chi connectivity index (χ3v) is 8.64. The molecule has 3 aromatic rings. The molecule has 0 heterocycles. The first-order valence-corrected chi connectivity index (χ1v) is 13.1. The van der Waals surface area contributed by atoms with Crippen LogP contribution in [0.4, 0.5) is 5.69 Å². The molecule has 0 bridgehead atoms. The van der Waals surface area contributed by atoms with Gasteiger partial charge in [-0.1, -0.05) is 49.2 Å². The van der Waals surface area contributed by atoms with Crippen molar-refractivity contribution < 1.29 is 21.9 Å². The summed E-state index contributed by atoms with van der Waals surface area (Å²) in [6, 6.07) is 14.1. The molecule has 0 saturated carbocycles. The molecule has 0 atom stereocenters. The number of rotatable bonds is 6. The van der Waals surface area contributed by atoms with Crippen molar-refractivity contribution in [1.82, 2.24) is 0 Å². The Labute approximate surface area is 189 Å². The van der Waals surface area contributed by atoms with Gasteiger partial charge in [-0.15, -0.1) is 0 Å². The molecule has 0 aliphatic carbocycles. The highest BCUT2D eigenvalue weighted by Gasteiger charge is 2.29. The molecule has 2 N–H and O–H groups in total. The van der Waals surface area contributed by atoms with Crippen LogP contribution in [0.2, 0.25) is 0 Å². The van der Waals surface area contributed by atoms with Crippen molar-refractivity contribution in [2.75, 3.05) is 4.72 Å². The summed E-state index contributed by atoms with van der Waals surface area (Å²) in [6.45, 7) is 8.77. The van der Waals surface area contributed by atoms with Crippen LogP contribution in [0.5, 0.6) is 5.75 Å². The zero-order valence-corrected chi connectivity index (χ0v) is 20.3. The molecule has 0 saturated heterocycles. The molecule has 170 valence electrons. The van der Waals surface area contributed by atoms with Crippen LogP contribution in [0.3, 0.4) is 0 Å². The summed E-state index contributed by atoms with van der Waals surface area (Å²) in [5, 5.41) is 10.9. The van der Waals surface area contributed by atoms with Gasteiger partial charge in [-0.05, 0) is 68.1 Å². The van der Waals surface area contributed by atoms with Gasteiger partial charge in [-0.25, -0.2) is 16.8 Å². The van der Waals surface area contributed by atoms with Gasteiger partial charge in [0.1, 0.15) is 10.6 Å². The first-order chi connectivity index (χ1) is 14.8. The van der Waals surface area contributed by atoms with Crippen molar-refractivity contribution in [2.24, 2.45) is 0 Å². The van der Waals surface area contributed by atoms with Gasteiger partial charge in [-0.3, -0.25) is 4.72 Å². The lowest BCUT2D eigenvalue weighted by Gasteiger charge is -2.20. The number of sulfone groups is 1. The monoisotopic (exact) mass is 473 g/mol. The number of hydrogen-bond acceptors (Lipinski definition) is 5. The van der Waals surface area contributed by atoms with E-state index in [1.807, 2.05) is 13.8 Å². The lowest BCUT2D eigenvalue weighted by molar-refractivity contribution is 0.447. The number of sulfonamides is 1. The molecule has 8 heteroatoms. The van der Waals surface area contributed by atoms with E-state index in [2.05, 4.69) is 4.72 Å². The van der Waals surface area contributed by atoms with Crippen LogP contribution >= 0.6 is 0 Å². The summed E-state index contributed by atoms with van der Waals surface area (Å²) in [5.74, 6) is -0.610. The van der Waals surface area contributed by atoms with Crippen molar-refractivity contribution in [2.45, 2.75) is 55.2 Å². The maximum Gasteiger partial charge on any atom is 0.261 e. The number of phenols is 1. The predicted molar refractivity (Wildman–Crippen MR) is 126 cm³/mol. The average molecular weight is 474 g/mol. The lowest BCUT2D eigenvalue weighted by Crippen LogP contribution is -2.16. The van der Waals surface area contributed by atoms with Gasteiger partial charge in [0.05, 0.1) is 15.5 Å². The Morgan fingerprint density at radius 2 is 1.25 bits per heavy atom. The summed E-state index contributed by atoms with van der Waals surface area (Å²) < 4.78 is 55.4. The van der Waals surface area contributed by atoms with Crippen molar-refractivity contribution in [1.29, 1.82) is 0 Å². The third-order valence-electron chi connectivity index (χ3n) is 5.33. The van der Waals surface area contributed by atoms with E-state index in [1.165, 1.54) is 37.3 Å². The summed E-state index contributed by atoms with van der Waals surface area (Å²) in [5.41, 5.74) is 2.38. The Morgan fingerprint density at radius 3 is 1.72 bits per heavy atom. The quantitative estimate of drug-likeness (QED) is 0.487. The van der Waals surface area contributed by atoms with E-state index in [9.17, 15) is 21.9 Å². The minimum atomic E-state index is -4.11. The standard InChI is InChI=1S/C24H27NO5S2/c1-15(2)21-14-22(25-32(29,30)20-12-8-17(4)9-13-20)18(5)24(23(21)26)31(27,28)19-10-6-16(3)7-11-19/h6-15,25-26H,1-5H3. The van der Waals surface area contributed by atoms with Gasteiger partial charge in [-0.2, -0.15) is 0 Å². The van der Waals surface area contributed by atoms with Gasteiger partial charge < -0.3 is 5.11 Å². The Hall–Kier alpha value is -2.84. The van der Waals surface area contributed by atoms with Crippen LogP contribution in [0.15, 0.2) is 69.3 Å². The van der Waals surface area contributed by atoms with Crippen molar-refractivity contribution >= 4 is 25.5 Å². The van der Waals surface area contributed by atoms with Crippen molar-refractivity contribution in [3.63, 3.8) is 0 Å². The predicted octanol–water partition coefficient (Wildman–Crippen LogP) is 5.07. The van der Waals surface area contributed by atoms with Gasteiger partial charge in [0.25, 0.3) is 10.0 Å². The molecular weight excluding hydrogens is 446 g/mol. The molecule has 32 heavy (non-hydrogen) atoms. The molecule has 6 nitrogen and oxygen atoms in total. The van der Waals surface area contributed by atoms with Gasteiger partial charge in [0.2, 0.25) is 9.84 Å². The number of aromatic hydroxyl groups is 1. The van der Waals surface area contributed by atoms with E-state index >= 15 is 0 Å². The Morgan fingerprint density at radius 1 is 0.781 bits per heavy atom. The maximum absolute atomic E-state index is 13.4. The van der Waals surface area contributed by atoms with Crippen LogP contribution in [0.1, 0.15) is 42.0 Å². The van der Waals surface area contributed by atoms with Crippen molar-refractivity contribution in [3.8, 4) is 5.75 Å². The number of hydrogen-bond donors (Lipinski definition) is 2. The minimum absolute atomic E-state index is 0.0229. The Bertz CT molecular complexity index is 1360. The molecule has 0 radical (unpaired) electrons. The third kappa shape index (κ3) is 4.52. The van der Waals surface area contributed by atoms with Gasteiger partial charge in [0, 0.05) is 0 Å². The van der Waals surface area contributed by atoms with E-state index in [4.69, 9.17) is 0 Å². The fourth-order valence-corrected chi connectivity index (χ4v) is 6.12. The minimum Gasteiger partial charge on any atom is -0.506 e. The molecule has 0 unspecified atom stereocenters. The van der Waals surface area contributed by atoms with E-state index in [-0.39, 0.29) is 37.6 Å². The normalized spacial score (nSPS) is 12.2. The average Bonchev–Trinajstić information content (AvgIpc) is 2.70. The topological polar surface area (TPSA) is 101 Å². The zero-order chi connectivity index (χ0) is 23.8. The SMILES string of the molecule is Cc1ccc(S(=O)(=O)Nc2cc(C(C)C)c(O)c(S(=O)(=O)c3ccc(C)cc3)c2C)cc1. The zero-order valence-electron chi connectivity index (χ0n) is 18.7. The molecule has 0 aromatic heterocycles. The number of benzene rings is 3. The lowest BCUT2D eigenvalue weighted by atomic mass is 9.99. The molecule has 0 amide bonds. The summed E-state index contributed by atoms with van der Waals surface area (Å²) >= 11 is 0. The molecule has 3 aromatic carbocycles. The summed E-state index contributed by atoms with van der Waals surface area (Å²) in [4.78, 5) is -0.214. The summed E-state index contributed by atoms with van der Waals surface area (Å²) in [6.07, 6.45) is 0. The maximum atomic E-state index is 13.4. The molecule has 0 aliphatic heterocycles. The fourth-order valence-electron chi connectivity index (χ4n) is 3.39. The van der Waals surface area contributed by atoms with E-state index in [0.29, 0.717) is 5.56 Å². The van der Waals surface area contributed by atoms with Gasteiger partial charge >= 0.3 is 0 Å². The van der Waals surface area contributed by atoms with Crippen LogP contribution in [0, 0.1) is 20.8 Å². The van der Waals surface area contributed by atoms with E-state index in [1.54, 1.807) is 38.1 Å². The number of phenolic OH excluding ortho intramolecular Hbond substituents is 1. The van der Waals surface area contributed by atoms with Gasteiger partial charge in [0.15, 0.2) is 0 Å². The molecule has 0 spiro atoms. The first kappa shape index (κ1) is 23.8. The smallest absolute Gasteiger partial charge is 0.261 e. The highest BCUT2D eigenvalue weighted by Crippen LogP contribution is 2.41. The fraction of sp³-hybridized carbons (Fsp3) is 0.250. The highest BCUT2D eigenvalue weighted by molar-refractivity contribution is 7.93. The molecule has 0 fully saturated rings. The van der Waals surface area contributed by atoms with Crippen LogP contribution in [0.25, 0.3) is 0 Å². The second-order valence-corrected chi connectivity index (χ2v) is 11.8.